The van der Waals surface area contributed by atoms with Gasteiger partial charge in [-0.1, -0.05) is 17.7 Å². The molecule has 0 unspecified atom stereocenters. The highest BCUT2D eigenvalue weighted by Crippen LogP contribution is 2.38. The molecule has 0 fully saturated rings. The van der Waals surface area contributed by atoms with Crippen LogP contribution in [0.15, 0.2) is 36.4 Å². The highest BCUT2D eigenvalue weighted by atomic mass is 16.5. The molecular weight excluding hydrogens is 308 g/mol. The lowest BCUT2D eigenvalue weighted by atomic mass is 10.2. The van der Waals surface area contributed by atoms with Crippen LogP contribution in [0, 0.1) is 6.92 Å². The van der Waals surface area contributed by atoms with E-state index in [9.17, 15) is 4.79 Å². The standard InChI is InChI=1S/C18H22N2O4/c1-12-5-7-14(8-6-12)20-18(21)19-11-13-9-15(22-2)17(24-4)16(10-13)23-3/h5-10H,11H2,1-4H3,(H2,19,20,21). The van der Waals surface area contributed by atoms with Crippen molar-refractivity contribution in [2.75, 3.05) is 26.6 Å². The number of nitrogens with one attached hydrogen (secondary N) is 2. The number of amides is 2. The molecule has 24 heavy (non-hydrogen) atoms. The summed E-state index contributed by atoms with van der Waals surface area (Å²) in [6, 6.07) is 10.9. The minimum Gasteiger partial charge on any atom is -0.493 e. The van der Waals surface area contributed by atoms with E-state index < -0.39 is 0 Å². The summed E-state index contributed by atoms with van der Waals surface area (Å²) in [5, 5.41) is 5.58. The third-order valence-electron chi connectivity index (χ3n) is 3.49. The van der Waals surface area contributed by atoms with Crippen molar-refractivity contribution in [1.82, 2.24) is 5.32 Å². The van der Waals surface area contributed by atoms with Crippen LogP contribution >= 0.6 is 0 Å². The average molecular weight is 330 g/mol. The van der Waals surface area contributed by atoms with Gasteiger partial charge in [0.1, 0.15) is 0 Å². The number of hydrogen-bond donors (Lipinski definition) is 2. The maximum atomic E-state index is 12.0. The highest BCUT2D eigenvalue weighted by Gasteiger charge is 2.13. The summed E-state index contributed by atoms with van der Waals surface area (Å²) in [6.45, 7) is 2.32. The van der Waals surface area contributed by atoms with Crippen LogP contribution in [0.5, 0.6) is 17.2 Å². The maximum absolute atomic E-state index is 12.0. The molecule has 0 spiro atoms. The molecule has 6 heteroatoms. The second kappa shape index (κ2) is 8.10. The molecule has 0 saturated carbocycles. The fourth-order valence-electron chi connectivity index (χ4n) is 2.23. The van der Waals surface area contributed by atoms with Crippen LogP contribution in [0.1, 0.15) is 11.1 Å². The lowest BCUT2D eigenvalue weighted by Crippen LogP contribution is -2.28. The zero-order valence-electron chi connectivity index (χ0n) is 14.3. The monoisotopic (exact) mass is 330 g/mol. The van der Waals surface area contributed by atoms with E-state index in [-0.39, 0.29) is 6.03 Å². The second-order valence-electron chi connectivity index (χ2n) is 5.21. The first-order valence-electron chi connectivity index (χ1n) is 7.47. The summed E-state index contributed by atoms with van der Waals surface area (Å²) >= 11 is 0. The van der Waals surface area contributed by atoms with E-state index in [1.807, 2.05) is 31.2 Å². The number of hydrogen-bond acceptors (Lipinski definition) is 4. The summed E-state index contributed by atoms with van der Waals surface area (Å²) in [5.74, 6) is 1.62. The van der Waals surface area contributed by atoms with Crippen LogP contribution in [0.4, 0.5) is 10.5 Å². The van der Waals surface area contributed by atoms with E-state index in [1.54, 1.807) is 33.5 Å². The number of carbonyl (C=O) groups is 1. The highest BCUT2D eigenvalue weighted by molar-refractivity contribution is 5.89. The van der Waals surface area contributed by atoms with Gasteiger partial charge in [-0.25, -0.2) is 4.79 Å². The lowest BCUT2D eigenvalue weighted by Gasteiger charge is -2.14. The first kappa shape index (κ1) is 17.5. The number of ether oxygens (including phenoxy) is 3. The van der Waals surface area contributed by atoms with Gasteiger partial charge in [0.2, 0.25) is 5.75 Å². The molecule has 0 saturated heterocycles. The summed E-state index contributed by atoms with van der Waals surface area (Å²) in [7, 11) is 4.66. The number of carbonyl (C=O) groups excluding carboxylic acids is 1. The molecule has 0 aliphatic rings. The van der Waals surface area contributed by atoms with Crippen LogP contribution in [0.3, 0.4) is 0 Å². The molecule has 2 aromatic rings. The zero-order valence-corrected chi connectivity index (χ0v) is 14.3. The molecule has 0 atom stereocenters. The molecule has 0 aliphatic heterocycles. The summed E-state index contributed by atoms with van der Waals surface area (Å²) in [6.07, 6.45) is 0. The fraction of sp³-hybridized carbons (Fsp3) is 0.278. The topological polar surface area (TPSA) is 68.8 Å². The molecule has 0 bridgehead atoms. The van der Waals surface area contributed by atoms with Crippen molar-refractivity contribution >= 4 is 11.7 Å². The smallest absolute Gasteiger partial charge is 0.319 e. The Morgan fingerprint density at radius 1 is 0.958 bits per heavy atom. The van der Waals surface area contributed by atoms with E-state index in [2.05, 4.69) is 10.6 Å². The minimum absolute atomic E-state index is 0.285. The molecule has 0 aliphatic carbocycles. The Hall–Kier alpha value is -2.89. The van der Waals surface area contributed by atoms with Gasteiger partial charge in [-0.2, -0.15) is 0 Å². The van der Waals surface area contributed by atoms with E-state index in [0.717, 1.165) is 16.8 Å². The van der Waals surface area contributed by atoms with Gasteiger partial charge < -0.3 is 24.8 Å². The zero-order chi connectivity index (χ0) is 17.5. The van der Waals surface area contributed by atoms with Crippen LogP contribution in [-0.2, 0) is 6.54 Å². The van der Waals surface area contributed by atoms with Crippen LogP contribution in [-0.4, -0.2) is 27.4 Å². The van der Waals surface area contributed by atoms with Gasteiger partial charge in [0.05, 0.1) is 21.3 Å². The third kappa shape index (κ3) is 4.32. The predicted octanol–water partition coefficient (Wildman–Crippen LogP) is 3.34. The molecule has 0 radical (unpaired) electrons. The van der Waals surface area contributed by atoms with Crippen molar-refractivity contribution in [3.63, 3.8) is 0 Å². The predicted molar refractivity (Wildman–Crippen MR) is 93.1 cm³/mol. The van der Waals surface area contributed by atoms with Crippen LogP contribution in [0.2, 0.25) is 0 Å². The summed E-state index contributed by atoms with van der Waals surface area (Å²) < 4.78 is 15.9. The molecule has 0 aromatic heterocycles. The van der Waals surface area contributed by atoms with Gasteiger partial charge in [0.15, 0.2) is 11.5 Å². The molecule has 6 nitrogen and oxygen atoms in total. The summed E-state index contributed by atoms with van der Waals surface area (Å²) in [5.41, 5.74) is 2.71. The molecule has 2 N–H and O–H groups in total. The Labute approximate surface area is 141 Å². The maximum Gasteiger partial charge on any atom is 0.319 e. The van der Waals surface area contributed by atoms with E-state index in [0.29, 0.717) is 23.8 Å². The number of aryl methyl sites for hydroxylation is 1. The van der Waals surface area contributed by atoms with E-state index >= 15 is 0 Å². The molecule has 2 aromatic carbocycles. The van der Waals surface area contributed by atoms with Gasteiger partial charge in [0.25, 0.3) is 0 Å². The summed E-state index contributed by atoms with van der Waals surface area (Å²) in [4.78, 5) is 12.0. The number of urea groups is 1. The van der Waals surface area contributed by atoms with Crippen molar-refractivity contribution in [2.24, 2.45) is 0 Å². The van der Waals surface area contributed by atoms with Gasteiger partial charge in [-0.15, -0.1) is 0 Å². The Kier molecular flexibility index (Phi) is 5.89. The number of methoxy groups -OCH3 is 3. The fourth-order valence-corrected chi connectivity index (χ4v) is 2.23. The SMILES string of the molecule is COc1cc(CNC(=O)Nc2ccc(C)cc2)cc(OC)c1OC. The van der Waals surface area contributed by atoms with Crippen molar-refractivity contribution in [2.45, 2.75) is 13.5 Å². The Morgan fingerprint density at radius 2 is 1.54 bits per heavy atom. The van der Waals surface area contributed by atoms with Crippen molar-refractivity contribution in [1.29, 1.82) is 0 Å². The number of benzene rings is 2. The normalized spacial score (nSPS) is 10.0. The molecular formula is C18H22N2O4. The third-order valence-corrected chi connectivity index (χ3v) is 3.49. The molecule has 128 valence electrons. The first-order valence-corrected chi connectivity index (χ1v) is 7.47. The average Bonchev–Trinajstić information content (AvgIpc) is 2.60. The second-order valence-corrected chi connectivity index (χ2v) is 5.21. The minimum atomic E-state index is -0.285. The lowest BCUT2D eigenvalue weighted by molar-refractivity contribution is 0.251. The van der Waals surface area contributed by atoms with Crippen LogP contribution < -0.4 is 24.8 Å². The molecule has 2 amide bonds. The first-order chi connectivity index (χ1) is 11.6. The largest absolute Gasteiger partial charge is 0.493 e. The van der Waals surface area contributed by atoms with E-state index in [4.69, 9.17) is 14.2 Å². The van der Waals surface area contributed by atoms with Gasteiger partial charge in [0, 0.05) is 12.2 Å². The number of rotatable bonds is 6. The molecule has 2 rings (SSSR count). The number of anilines is 1. The van der Waals surface area contributed by atoms with Gasteiger partial charge in [-0.05, 0) is 36.8 Å². The van der Waals surface area contributed by atoms with Crippen molar-refractivity contribution in [3.8, 4) is 17.2 Å². The van der Waals surface area contributed by atoms with E-state index in [1.165, 1.54) is 0 Å². The van der Waals surface area contributed by atoms with Gasteiger partial charge >= 0.3 is 6.03 Å². The van der Waals surface area contributed by atoms with Crippen molar-refractivity contribution in [3.05, 3.63) is 47.5 Å². The quantitative estimate of drug-likeness (QED) is 0.852. The van der Waals surface area contributed by atoms with Gasteiger partial charge in [-0.3, -0.25) is 0 Å². The Morgan fingerprint density at radius 3 is 2.04 bits per heavy atom. The molecule has 0 heterocycles. The Balaban J connectivity index is 2.03. The van der Waals surface area contributed by atoms with Crippen LogP contribution in [0.25, 0.3) is 0 Å². The Bertz CT molecular complexity index is 674. The van der Waals surface area contributed by atoms with Crippen molar-refractivity contribution < 1.29 is 19.0 Å².